The number of phenols is 1. The molecule has 1 aliphatic rings. The van der Waals surface area contributed by atoms with Gasteiger partial charge in [0.2, 0.25) is 0 Å². The van der Waals surface area contributed by atoms with Gasteiger partial charge < -0.3 is 5.11 Å². The van der Waals surface area contributed by atoms with Crippen LogP contribution < -0.4 is 0 Å². The van der Waals surface area contributed by atoms with Crippen molar-refractivity contribution in [2.24, 2.45) is 0 Å². The lowest BCUT2D eigenvalue weighted by Gasteiger charge is -2.34. The Morgan fingerprint density at radius 1 is 1.09 bits per heavy atom. The van der Waals surface area contributed by atoms with Crippen LogP contribution in [0.1, 0.15) is 5.56 Å². The van der Waals surface area contributed by atoms with E-state index in [9.17, 15) is 5.11 Å². The Bertz CT molecular complexity index is 608. The Morgan fingerprint density at radius 2 is 1.86 bits per heavy atom. The summed E-state index contributed by atoms with van der Waals surface area (Å²) in [7, 11) is 0. The van der Waals surface area contributed by atoms with Gasteiger partial charge in [-0.2, -0.15) is 5.10 Å². The molecule has 0 spiro atoms. The zero-order valence-electron chi connectivity index (χ0n) is 12.5. The molecule has 118 valence electrons. The second kappa shape index (κ2) is 7.13. The third-order valence-electron chi connectivity index (χ3n) is 4.03. The number of aromatic hydroxyl groups is 1. The average Bonchev–Trinajstić information content (AvgIpc) is 2.92. The maximum Gasteiger partial charge on any atom is 0.115 e. The lowest BCUT2D eigenvalue weighted by Crippen LogP contribution is -2.46. The van der Waals surface area contributed by atoms with Crippen molar-refractivity contribution in [3.05, 3.63) is 47.2 Å². The van der Waals surface area contributed by atoms with E-state index in [0.717, 1.165) is 45.8 Å². The Balaban J connectivity index is 1.42. The van der Waals surface area contributed by atoms with Gasteiger partial charge in [-0.05, 0) is 17.7 Å². The summed E-state index contributed by atoms with van der Waals surface area (Å²) in [6, 6.07) is 7.51. The highest BCUT2D eigenvalue weighted by atomic mass is 35.5. The molecule has 0 saturated carbocycles. The number of phenolic OH excluding ortho intramolecular Hbond substituents is 1. The fourth-order valence-corrected chi connectivity index (χ4v) is 2.94. The molecule has 2 aromatic rings. The third kappa shape index (κ3) is 4.22. The number of piperazine rings is 1. The number of aromatic nitrogens is 2. The molecule has 22 heavy (non-hydrogen) atoms. The number of rotatable bonds is 5. The molecular formula is C16H21ClN4O. The summed E-state index contributed by atoms with van der Waals surface area (Å²) in [4.78, 5) is 4.88. The second-order valence-electron chi connectivity index (χ2n) is 5.71. The predicted molar refractivity (Wildman–Crippen MR) is 87.1 cm³/mol. The van der Waals surface area contributed by atoms with Gasteiger partial charge in [0.25, 0.3) is 0 Å². The molecule has 0 atom stereocenters. The first kappa shape index (κ1) is 15.3. The van der Waals surface area contributed by atoms with E-state index in [2.05, 4.69) is 21.0 Å². The van der Waals surface area contributed by atoms with Gasteiger partial charge in [0.1, 0.15) is 5.75 Å². The van der Waals surface area contributed by atoms with Crippen molar-refractivity contribution in [3.63, 3.8) is 0 Å². The first-order valence-corrected chi connectivity index (χ1v) is 7.97. The summed E-state index contributed by atoms with van der Waals surface area (Å²) in [6.07, 6.45) is 3.54. The fraction of sp³-hybridized carbons (Fsp3) is 0.438. The number of benzene rings is 1. The van der Waals surface area contributed by atoms with E-state index in [1.165, 1.54) is 5.56 Å². The van der Waals surface area contributed by atoms with Crippen LogP contribution in [0.3, 0.4) is 0 Å². The monoisotopic (exact) mass is 320 g/mol. The van der Waals surface area contributed by atoms with Gasteiger partial charge in [-0.25, -0.2) is 0 Å². The van der Waals surface area contributed by atoms with Crippen molar-refractivity contribution >= 4 is 11.6 Å². The number of nitrogens with zero attached hydrogens (tertiary/aromatic N) is 4. The smallest absolute Gasteiger partial charge is 0.115 e. The quantitative estimate of drug-likeness (QED) is 0.916. The molecule has 1 fully saturated rings. The van der Waals surface area contributed by atoms with Crippen molar-refractivity contribution in [1.82, 2.24) is 19.6 Å². The highest BCUT2D eigenvalue weighted by molar-refractivity contribution is 6.30. The van der Waals surface area contributed by atoms with Gasteiger partial charge in [-0.1, -0.05) is 23.7 Å². The van der Waals surface area contributed by atoms with Crippen LogP contribution in [0.25, 0.3) is 0 Å². The Labute approximate surface area is 135 Å². The second-order valence-corrected chi connectivity index (χ2v) is 6.15. The van der Waals surface area contributed by atoms with Crippen molar-refractivity contribution < 1.29 is 5.11 Å². The summed E-state index contributed by atoms with van der Waals surface area (Å²) in [5.41, 5.74) is 1.17. The van der Waals surface area contributed by atoms with E-state index in [-0.39, 0.29) is 0 Å². The molecule has 0 aliphatic carbocycles. The van der Waals surface area contributed by atoms with Crippen molar-refractivity contribution in [1.29, 1.82) is 0 Å². The van der Waals surface area contributed by atoms with Gasteiger partial charge in [-0.15, -0.1) is 0 Å². The molecule has 1 aliphatic heterocycles. The van der Waals surface area contributed by atoms with Crippen LogP contribution >= 0.6 is 11.6 Å². The summed E-state index contributed by atoms with van der Waals surface area (Å²) in [6.45, 7) is 7.00. The predicted octanol–water partition coefficient (Wildman–Crippen LogP) is 2.06. The lowest BCUT2D eigenvalue weighted by molar-refractivity contribution is 0.123. The average molecular weight is 321 g/mol. The zero-order chi connectivity index (χ0) is 15.4. The molecule has 1 aromatic carbocycles. The summed E-state index contributed by atoms with van der Waals surface area (Å²) < 4.78 is 1.89. The summed E-state index contributed by atoms with van der Waals surface area (Å²) in [5, 5.41) is 14.4. The number of hydrogen-bond acceptors (Lipinski definition) is 4. The molecule has 0 radical (unpaired) electrons. The van der Waals surface area contributed by atoms with Gasteiger partial charge in [0.15, 0.2) is 0 Å². The maximum atomic E-state index is 9.52. The van der Waals surface area contributed by atoms with E-state index in [1.807, 2.05) is 23.0 Å². The van der Waals surface area contributed by atoms with Crippen LogP contribution in [0.15, 0.2) is 36.7 Å². The van der Waals surface area contributed by atoms with E-state index in [0.29, 0.717) is 10.8 Å². The van der Waals surface area contributed by atoms with E-state index in [1.54, 1.807) is 12.3 Å². The van der Waals surface area contributed by atoms with Gasteiger partial charge in [0, 0.05) is 45.5 Å². The van der Waals surface area contributed by atoms with Gasteiger partial charge in [-0.3, -0.25) is 14.5 Å². The zero-order valence-corrected chi connectivity index (χ0v) is 13.3. The van der Waals surface area contributed by atoms with Crippen LogP contribution in [0.2, 0.25) is 5.02 Å². The molecular weight excluding hydrogens is 300 g/mol. The molecule has 1 N–H and O–H groups in total. The number of hydrogen-bond donors (Lipinski definition) is 1. The van der Waals surface area contributed by atoms with Crippen LogP contribution in [0.5, 0.6) is 5.75 Å². The van der Waals surface area contributed by atoms with Gasteiger partial charge in [0.05, 0.1) is 17.8 Å². The molecule has 1 aromatic heterocycles. The summed E-state index contributed by atoms with van der Waals surface area (Å²) in [5.74, 6) is 0.342. The Kier molecular flexibility index (Phi) is 4.97. The van der Waals surface area contributed by atoms with Crippen molar-refractivity contribution in [3.8, 4) is 5.75 Å². The molecule has 6 heteroatoms. The standard InChI is InChI=1S/C16H21ClN4O/c17-15-11-18-21(13-15)9-8-19-4-6-20(7-5-19)12-14-2-1-3-16(22)10-14/h1-3,10-11,13,22H,4-9,12H2. The largest absolute Gasteiger partial charge is 0.508 e. The topological polar surface area (TPSA) is 44.5 Å². The van der Waals surface area contributed by atoms with Gasteiger partial charge >= 0.3 is 0 Å². The first-order valence-electron chi connectivity index (χ1n) is 7.59. The minimum absolute atomic E-state index is 0.342. The molecule has 0 unspecified atom stereocenters. The highest BCUT2D eigenvalue weighted by Crippen LogP contribution is 2.14. The van der Waals surface area contributed by atoms with Crippen molar-refractivity contribution in [2.75, 3.05) is 32.7 Å². The molecule has 0 amide bonds. The van der Waals surface area contributed by atoms with Crippen LogP contribution in [-0.2, 0) is 13.1 Å². The van der Waals surface area contributed by atoms with Crippen LogP contribution in [0, 0.1) is 0 Å². The fourth-order valence-electron chi connectivity index (χ4n) is 2.79. The molecule has 3 rings (SSSR count). The third-order valence-corrected chi connectivity index (χ3v) is 4.22. The normalized spacial score (nSPS) is 17.0. The highest BCUT2D eigenvalue weighted by Gasteiger charge is 2.16. The maximum absolute atomic E-state index is 9.52. The van der Waals surface area contributed by atoms with Crippen LogP contribution in [-0.4, -0.2) is 57.4 Å². The number of halogens is 1. The molecule has 2 heterocycles. The SMILES string of the molecule is Oc1cccc(CN2CCN(CCn3cc(Cl)cn3)CC2)c1. The lowest BCUT2D eigenvalue weighted by atomic mass is 10.2. The minimum atomic E-state index is 0.342. The van der Waals surface area contributed by atoms with Crippen molar-refractivity contribution in [2.45, 2.75) is 13.1 Å². The van der Waals surface area contributed by atoms with Crippen LogP contribution in [0.4, 0.5) is 0 Å². The molecule has 1 saturated heterocycles. The van der Waals surface area contributed by atoms with E-state index < -0.39 is 0 Å². The Morgan fingerprint density at radius 3 is 2.55 bits per heavy atom. The van der Waals surface area contributed by atoms with E-state index in [4.69, 9.17) is 11.6 Å². The minimum Gasteiger partial charge on any atom is -0.508 e. The van der Waals surface area contributed by atoms with E-state index >= 15 is 0 Å². The summed E-state index contributed by atoms with van der Waals surface area (Å²) >= 11 is 5.87. The molecule has 0 bridgehead atoms. The Hall–Kier alpha value is -1.56. The first-order chi connectivity index (χ1) is 10.7. The molecule has 5 nitrogen and oxygen atoms in total.